The van der Waals surface area contributed by atoms with E-state index >= 15 is 0 Å². The second-order valence-electron chi connectivity index (χ2n) is 4.82. The molecule has 20 heavy (non-hydrogen) atoms. The average molecular weight is 275 g/mol. The van der Waals surface area contributed by atoms with E-state index in [0.29, 0.717) is 6.54 Å². The monoisotopic (exact) mass is 275 g/mol. The topological polar surface area (TPSA) is 44.4 Å². The predicted molar refractivity (Wildman–Crippen MR) is 85.0 cm³/mol. The second kappa shape index (κ2) is 9.15. The molecular weight excluding hydrogens is 250 g/mol. The highest BCUT2D eigenvalue weighted by Gasteiger charge is 2.10. The van der Waals surface area contributed by atoms with Crippen LogP contribution in [-0.4, -0.2) is 38.6 Å². The van der Waals surface area contributed by atoms with Crippen LogP contribution in [0.2, 0.25) is 0 Å². The minimum Gasteiger partial charge on any atom is -0.375 e. The third-order valence-electron chi connectivity index (χ3n) is 3.13. The molecule has 0 fully saturated rings. The van der Waals surface area contributed by atoms with E-state index in [1.165, 1.54) is 5.69 Å². The van der Waals surface area contributed by atoms with Crippen LogP contribution < -0.4 is 15.5 Å². The number of carbonyl (C=O) groups is 1. The summed E-state index contributed by atoms with van der Waals surface area (Å²) in [6.45, 7) is 7.74. The summed E-state index contributed by atoms with van der Waals surface area (Å²) in [7, 11) is 2.08. The van der Waals surface area contributed by atoms with Crippen molar-refractivity contribution in [1.29, 1.82) is 0 Å². The fraction of sp³-hybridized carbons (Fsp3) is 0.438. The van der Waals surface area contributed by atoms with Gasteiger partial charge in [-0.05, 0) is 32.0 Å². The summed E-state index contributed by atoms with van der Waals surface area (Å²) in [6.07, 6.45) is 2.67. The molecule has 1 aromatic carbocycles. The van der Waals surface area contributed by atoms with Gasteiger partial charge in [-0.15, -0.1) is 6.58 Å². The Labute approximate surface area is 121 Å². The Balaban J connectivity index is 2.18. The van der Waals surface area contributed by atoms with E-state index in [1.54, 1.807) is 6.08 Å². The largest absolute Gasteiger partial charge is 0.375 e. The molecule has 110 valence electrons. The number of hydrogen-bond donors (Lipinski definition) is 2. The quantitative estimate of drug-likeness (QED) is 0.533. The first-order chi connectivity index (χ1) is 9.65. The van der Waals surface area contributed by atoms with E-state index in [-0.39, 0.29) is 11.9 Å². The average Bonchev–Trinajstić information content (AvgIpc) is 2.49. The third-order valence-corrected chi connectivity index (χ3v) is 3.13. The van der Waals surface area contributed by atoms with Crippen LogP contribution >= 0.6 is 0 Å². The minimum atomic E-state index is -0.169. The van der Waals surface area contributed by atoms with Crippen LogP contribution in [0.3, 0.4) is 0 Å². The van der Waals surface area contributed by atoms with Crippen LogP contribution in [0, 0.1) is 0 Å². The van der Waals surface area contributed by atoms with Gasteiger partial charge in [0.25, 0.3) is 0 Å². The number of carbonyl (C=O) groups excluding carboxylic acids is 1. The zero-order chi connectivity index (χ0) is 14.8. The van der Waals surface area contributed by atoms with Gasteiger partial charge in [-0.2, -0.15) is 0 Å². The molecule has 0 aliphatic heterocycles. The van der Waals surface area contributed by atoms with Gasteiger partial charge in [-0.25, -0.2) is 0 Å². The van der Waals surface area contributed by atoms with E-state index in [1.807, 2.05) is 25.1 Å². The van der Waals surface area contributed by atoms with Gasteiger partial charge < -0.3 is 15.5 Å². The molecule has 0 radical (unpaired) electrons. The highest BCUT2D eigenvalue weighted by Crippen LogP contribution is 2.10. The molecule has 1 rings (SSSR count). The molecule has 1 aromatic rings. The first-order valence-corrected chi connectivity index (χ1v) is 7.03. The van der Waals surface area contributed by atoms with E-state index in [2.05, 4.69) is 41.3 Å². The molecule has 4 nitrogen and oxygen atoms in total. The first kappa shape index (κ1) is 16.2. The van der Waals surface area contributed by atoms with Crippen molar-refractivity contribution in [2.24, 2.45) is 0 Å². The summed E-state index contributed by atoms with van der Waals surface area (Å²) >= 11 is 0. The lowest BCUT2D eigenvalue weighted by molar-refractivity contribution is -0.122. The predicted octanol–water partition coefficient (Wildman–Crippen LogP) is 1.79. The Bertz CT molecular complexity index is 405. The molecule has 2 N–H and O–H groups in total. The van der Waals surface area contributed by atoms with Crippen LogP contribution in [0.1, 0.15) is 13.3 Å². The van der Waals surface area contributed by atoms with Gasteiger partial charge in [-0.1, -0.05) is 24.3 Å². The van der Waals surface area contributed by atoms with Crippen LogP contribution in [-0.2, 0) is 4.79 Å². The number of amides is 1. The number of nitrogens with zero attached hydrogens (tertiary/aromatic N) is 1. The highest BCUT2D eigenvalue weighted by atomic mass is 16.2. The molecule has 0 aliphatic rings. The Morgan fingerprint density at radius 1 is 1.40 bits per heavy atom. The van der Waals surface area contributed by atoms with Gasteiger partial charge in [0.1, 0.15) is 0 Å². The summed E-state index contributed by atoms with van der Waals surface area (Å²) in [5.74, 6) is 0.0151. The molecule has 0 saturated heterocycles. The van der Waals surface area contributed by atoms with Crippen molar-refractivity contribution >= 4 is 11.6 Å². The van der Waals surface area contributed by atoms with E-state index in [4.69, 9.17) is 0 Å². The molecule has 1 amide bonds. The molecule has 0 bridgehead atoms. The van der Waals surface area contributed by atoms with Crippen molar-refractivity contribution < 1.29 is 4.79 Å². The summed E-state index contributed by atoms with van der Waals surface area (Å²) in [5.41, 5.74) is 1.21. The highest BCUT2D eigenvalue weighted by molar-refractivity contribution is 5.81. The lowest BCUT2D eigenvalue weighted by Crippen LogP contribution is -2.42. The van der Waals surface area contributed by atoms with E-state index < -0.39 is 0 Å². The summed E-state index contributed by atoms with van der Waals surface area (Å²) in [4.78, 5) is 13.8. The zero-order valence-corrected chi connectivity index (χ0v) is 12.4. The summed E-state index contributed by atoms with van der Waals surface area (Å²) in [6, 6.07) is 10.1. The molecular formula is C16H25N3O. The van der Waals surface area contributed by atoms with Gasteiger partial charge in [-0.3, -0.25) is 4.79 Å². The Hall–Kier alpha value is -1.81. The molecule has 0 aliphatic carbocycles. The fourth-order valence-electron chi connectivity index (χ4n) is 1.86. The number of anilines is 1. The van der Waals surface area contributed by atoms with Gasteiger partial charge in [0.2, 0.25) is 5.91 Å². The number of benzene rings is 1. The van der Waals surface area contributed by atoms with E-state index in [0.717, 1.165) is 19.5 Å². The van der Waals surface area contributed by atoms with Crippen molar-refractivity contribution in [3.8, 4) is 0 Å². The molecule has 0 saturated carbocycles. The molecule has 1 atom stereocenters. The number of para-hydroxylation sites is 1. The molecule has 0 spiro atoms. The van der Waals surface area contributed by atoms with Crippen molar-refractivity contribution in [3.05, 3.63) is 43.0 Å². The number of nitrogens with one attached hydrogen (secondary N) is 2. The Morgan fingerprint density at radius 2 is 2.10 bits per heavy atom. The van der Waals surface area contributed by atoms with Crippen LogP contribution in [0.5, 0.6) is 0 Å². The van der Waals surface area contributed by atoms with Gasteiger partial charge in [0.05, 0.1) is 6.04 Å². The lowest BCUT2D eigenvalue weighted by Gasteiger charge is -2.20. The molecule has 0 aromatic heterocycles. The number of hydrogen-bond acceptors (Lipinski definition) is 3. The zero-order valence-electron chi connectivity index (χ0n) is 12.4. The SMILES string of the molecule is C=CCNC(=O)C(C)NCCCN(C)c1ccccc1. The lowest BCUT2D eigenvalue weighted by atomic mass is 10.2. The van der Waals surface area contributed by atoms with E-state index in [9.17, 15) is 4.79 Å². The maximum atomic E-state index is 11.6. The Kier molecular flexibility index (Phi) is 7.43. The fourth-order valence-corrected chi connectivity index (χ4v) is 1.86. The van der Waals surface area contributed by atoms with Crippen LogP contribution in [0.15, 0.2) is 43.0 Å². The molecule has 1 unspecified atom stereocenters. The Morgan fingerprint density at radius 3 is 2.75 bits per heavy atom. The van der Waals surface area contributed by atoms with Crippen molar-refractivity contribution in [1.82, 2.24) is 10.6 Å². The van der Waals surface area contributed by atoms with Crippen LogP contribution in [0.4, 0.5) is 5.69 Å². The third kappa shape index (κ3) is 5.89. The van der Waals surface area contributed by atoms with Crippen molar-refractivity contribution in [3.63, 3.8) is 0 Å². The molecule has 4 heteroatoms. The normalized spacial score (nSPS) is 11.7. The second-order valence-corrected chi connectivity index (χ2v) is 4.82. The molecule has 0 heterocycles. The van der Waals surface area contributed by atoms with Crippen molar-refractivity contribution in [2.45, 2.75) is 19.4 Å². The maximum absolute atomic E-state index is 11.6. The number of rotatable bonds is 9. The summed E-state index contributed by atoms with van der Waals surface area (Å²) < 4.78 is 0. The summed E-state index contributed by atoms with van der Waals surface area (Å²) in [5, 5.41) is 6.00. The smallest absolute Gasteiger partial charge is 0.237 e. The van der Waals surface area contributed by atoms with Gasteiger partial charge in [0, 0.05) is 25.8 Å². The maximum Gasteiger partial charge on any atom is 0.237 e. The first-order valence-electron chi connectivity index (χ1n) is 7.03. The van der Waals surface area contributed by atoms with Gasteiger partial charge >= 0.3 is 0 Å². The van der Waals surface area contributed by atoms with Crippen LogP contribution in [0.25, 0.3) is 0 Å². The minimum absolute atomic E-state index is 0.0151. The standard InChI is InChI=1S/C16H25N3O/c1-4-11-18-16(20)14(2)17-12-8-13-19(3)15-9-6-5-7-10-15/h4-7,9-10,14,17H,1,8,11-13H2,2-3H3,(H,18,20). The van der Waals surface area contributed by atoms with Crippen molar-refractivity contribution in [2.75, 3.05) is 31.6 Å². The van der Waals surface area contributed by atoms with Gasteiger partial charge in [0.15, 0.2) is 0 Å².